The summed E-state index contributed by atoms with van der Waals surface area (Å²) in [6, 6.07) is 5.77. The lowest BCUT2D eigenvalue weighted by Crippen LogP contribution is -2.22. The van der Waals surface area contributed by atoms with E-state index in [1.807, 2.05) is 18.2 Å². The van der Waals surface area contributed by atoms with E-state index in [2.05, 4.69) is 28.8 Å². The SMILES string of the molecule is CCNC(c1ccc(Cl)c(Cl)c1)c1snnc1CC. The molecule has 1 unspecified atom stereocenters. The topological polar surface area (TPSA) is 37.8 Å². The summed E-state index contributed by atoms with van der Waals surface area (Å²) in [7, 11) is 0. The van der Waals surface area contributed by atoms with Gasteiger partial charge in [-0.05, 0) is 42.2 Å². The van der Waals surface area contributed by atoms with Crippen LogP contribution in [0.25, 0.3) is 0 Å². The normalized spacial score (nSPS) is 12.6. The summed E-state index contributed by atoms with van der Waals surface area (Å²) in [5, 5.41) is 8.76. The predicted molar refractivity (Wildman–Crippen MR) is 81.3 cm³/mol. The summed E-state index contributed by atoms with van der Waals surface area (Å²) >= 11 is 13.5. The maximum absolute atomic E-state index is 6.11. The van der Waals surface area contributed by atoms with E-state index >= 15 is 0 Å². The van der Waals surface area contributed by atoms with Crippen LogP contribution in [0.15, 0.2) is 18.2 Å². The van der Waals surface area contributed by atoms with Crippen LogP contribution in [0.1, 0.15) is 36.0 Å². The molecular weight excluding hydrogens is 301 g/mol. The van der Waals surface area contributed by atoms with Gasteiger partial charge in [-0.2, -0.15) is 0 Å². The average Bonchev–Trinajstić information content (AvgIpc) is 2.87. The fourth-order valence-electron chi connectivity index (χ4n) is 1.94. The number of hydrogen-bond donors (Lipinski definition) is 1. The molecule has 2 rings (SSSR count). The Labute approximate surface area is 127 Å². The van der Waals surface area contributed by atoms with Crippen LogP contribution >= 0.6 is 34.7 Å². The van der Waals surface area contributed by atoms with E-state index in [0.29, 0.717) is 10.0 Å². The fourth-order valence-corrected chi connectivity index (χ4v) is 3.09. The molecule has 0 spiro atoms. The first-order valence-electron chi connectivity index (χ1n) is 6.16. The zero-order valence-electron chi connectivity index (χ0n) is 10.8. The van der Waals surface area contributed by atoms with Gasteiger partial charge >= 0.3 is 0 Å². The van der Waals surface area contributed by atoms with Crippen LogP contribution < -0.4 is 5.32 Å². The van der Waals surface area contributed by atoms with Gasteiger partial charge in [0.25, 0.3) is 0 Å². The highest BCUT2D eigenvalue weighted by Crippen LogP contribution is 2.31. The van der Waals surface area contributed by atoms with Gasteiger partial charge in [-0.25, -0.2) is 0 Å². The van der Waals surface area contributed by atoms with Crippen LogP contribution in [-0.4, -0.2) is 16.1 Å². The third-order valence-electron chi connectivity index (χ3n) is 2.87. The zero-order valence-corrected chi connectivity index (χ0v) is 13.1. The van der Waals surface area contributed by atoms with Crippen molar-refractivity contribution in [2.24, 2.45) is 0 Å². The highest BCUT2D eigenvalue weighted by Gasteiger charge is 2.20. The van der Waals surface area contributed by atoms with Crippen LogP contribution in [0.5, 0.6) is 0 Å². The van der Waals surface area contributed by atoms with E-state index in [-0.39, 0.29) is 6.04 Å². The monoisotopic (exact) mass is 315 g/mol. The average molecular weight is 316 g/mol. The van der Waals surface area contributed by atoms with Crippen molar-refractivity contribution in [3.05, 3.63) is 44.4 Å². The van der Waals surface area contributed by atoms with Gasteiger partial charge in [0, 0.05) is 0 Å². The van der Waals surface area contributed by atoms with E-state index in [0.717, 1.165) is 29.1 Å². The molecule has 0 fully saturated rings. The predicted octanol–water partition coefficient (Wildman–Crippen LogP) is 4.11. The Morgan fingerprint density at radius 2 is 2.05 bits per heavy atom. The Kier molecular flexibility index (Phi) is 5.16. The molecule has 1 heterocycles. The molecule has 0 saturated carbocycles. The molecule has 3 nitrogen and oxygen atoms in total. The number of aromatic nitrogens is 2. The number of hydrogen-bond acceptors (Lipinski definition) is 4. The highest BCUT2D eigenvalue weighted by molar-refractivity contribution is 7.05. The van der Waals surface area contributed by atoms with Crippen molar-refractivity contribution in [1.82, 2.24) is 14.9 Å². The Morgan fingerprint density at radius 3 is 2.68 bits per heavy atom. The number of nitrogens with one attached hydrogen (secondary N) is 1. The molecule has 19 heavy (non-hydrogen) atoms. The van der Waals surface area contributed by atoms with Crippen LogP contribution in [0, 0.1) is 0 Å². The lowest BCUT2D eigenvalue weighted by atomic mass is 10.0. The quantitative estimate of drug-likeness (QED) is 0.902. The lowest BCUT2D eigenvalue weighted by Gasteiger charge is -2.18. The molecule has 1 aromatic heterocycles. The second kappa shape index (κ2) is 6.66. The summed E-state index contributed by atoms with van der Waals surface area (Å²) in [4.78, 5) is 1.14. The summed E-state index contributed by atoms with van der Waals surface area (Å²) in [6.07, 6.45) is 0.870. The van der Waals surface area contributed by atoms with Crippen LogP contribution in [0.2, 0.25) is 10.0 Å². The molecule has 0 bridgehead atoms. The molecule has 1 N–H and O–H groups in total. The molecule has 0 aliphatic carbocycles. The number of halogens is 2. The summed E-state index contributed by atoms with van der Waals surface area (Å²) in [5.41, 5.74) is 2.11. The Bertz CT molecular complexity index is 557. The Morgan fingerprint density at radius 1 is 1.26 bits per heavy atom. The molecule has 1 atom stereocenters. The lowest BCUT2D eigenvalue weighted by molar-refractivity contribution is 0.633. The summed E-state index contributed by atoms with van der Waals surface area (Å²) in [5.74, 6) is 0. The van der Waals surface area contributed by atoms with Crippen molar-refractivity contribution >= 4 is 34.7 Å². The minimum atomic E-state index is 0.0646. The van der Waals surface area contributed by atoms with Crippen LogP contribution in [-0.2, 0) is 6.42 Å². The van der Waals surface area contributed by atoms with Gasteiger partial charge in [0.05, 0.1) is 26.7 Å². The first-order chi connectivity index (χ1) is 9.17. The molecule has 0 amide bonds. The zero-order chi connectivity index (χ0) is 13.8. The summed E-state index contributed by atoms with van der Waals surface area (Å²) in [6.45, 7) is 5.01. The van der Waals surface area contributed by atoms with E-state index < -0.39 is 0 Å². The van der Waals surface area contributed by atoms with Gasteiger partial charge in [-0.3, -0.25) is 0 Å². The molecular formula is C13H15Cl2N3S. The van der Waals surface area contributed by atoms with Gasteiger partial charge in [0.15, 0.2) is 0 Å². The van der Waals surface area contributed by atoms with Gasteiger partial charge < -0.3 is 5.32 Å². The largest absolute Gasteiger partial charge is 0.306 e. The second-order valence-electron chi connectivity index (χ2n) is 4.10. The van der Waals surface area contributed by atoms with Gasteiger partial charge in [0.2, 0.25) is 0 Å². The highest BCUT2D eigenvalue weighted by atomic mass is 35.5. The number of aryl methyl sites for hydroxylation is 1. The van der Waals surface area contributed by atoms with E-state index in [9.17, 15) is 0 Å². The minimum Gasteiger partial charge on any atom is -0.306 e. The molecule has 0 saturated heterocycles. The maximum Gasteiger partial charge on any atom is 0.0804 e. The maximum atomic E-state index is 6.11. The van der Waals surface area contributed by atoms with Crippen molar-refractivity contribution in [3.63, 3.8) is 0 Å². The van der Waals surface area contributed by atoms with Crippen LogP contribution in [0.4, 0.5) is 0 Å². The third-order valence-corrected chi connectivity index (χ3v) is 4.44. The van der Waals surface area contributed by atoms with Crippen molar-refractivity contribution in [3.8, 4) is 0 Å². The van der Waals surface area contributed by atoms with Crippen molar-refractivity contribution in [2.75, 3.05) is 6.54 Å². The van der Waals surface area contributed by atoms with E-state index in [1.165, 1.54) is 11.5 Å². The van der Waals surface area contributed by atoms with Crippen molar-refractivity contribution in [2.45, 2.75) is 26.3 Å². The molecule has 0 aliphatic rings. The van der Waals surface area contributed by atoms with E-state index in [4.69, 9.17) is 23.2 Å². The molecule has 6 heteroatoms. The molecule has 1 aromatic carbocycles. The van der Waals surface area contributed by atoms with E-state index in [1.54, 1.807) is 0 Å². The Hall–Kier alpha value is -0.680. The number of benzene rings is 1. The third kappa shape index (κ3) is 3.26. The first-order valence-corrected chi connectivity index (χ1v) is 7.69. The number of rotatable bonds is 5. The fraction of sp³-hybridized carbons (Fsp3) is 0.385. The smallest absolute Gasteiger partial charge is 0.0804 e. The van der Waals surface area contributed by atoms with Crippen molar-refractivity contribution in [1.29, 1.82) is 0 Å². The van der Waals surface area contributed by atoms with Gasteiger partial charge in [-0.15, -0.1) is 5.10 Å². The molecule has 0 aliphatic heterocycles. The second-order valence-corrected chi connectivity index (χ2v) is 5.70. The number of nitrogens with zero attached hydrogens (tertiary/aromatic N) is 2. The summed E-state index contributed by atoms with van der Waals surface area (Å²) < 4.78 is 4.05. The van der Waals surface area contributed by atoms with Crippen molar-refractivity contribution < 1.29 is 0 Å². The standard InChI is InChI=1S/C13H15Cl2N3S/c1-3-11-13(19-18-17-11)12(16-4-2)8-5-6-9(14)10(15)7-8/h5-7,12,16H,3-4H2,1-2H3. The Balaban J connectivity index is 2.42. The van der Waals surface area contributed by atoms with Crippen LogP contribution in [0.3, 0.4) is 0 Å². The minimum absolute atomic E-state index is 0.0646. The first kappa shape index (κ1) is 14.7. The van der Waals surface area contributed by atoms with Gasteiger partial charge in [0.1, 0.15) is 0 Å². The molecule has 0 radical (unpaired) electrons. The van der Waals surface area contributed by atoms with Gasteiger partial charge in [-0.1, -0.05) is 47.6 Å². The molecule has 2 aromatic rings. The molecule has 102 valence electrons.